The zero-order valence-corrected chi connectivity index (χ0v) is 9.09. The van der Waals surface area contributed by atoms with Crippen LogP contribution in [0.25, 0.3) is 0 Å². The topological polar surface area (TPSA) is 101 Å². The van der Waals surface area contributed by atoms with Gasteiger partial charge in [-0.05, 0) is 0 Å². The molecule has 0 saturated carbocycles. The largest absolute Gasteiger partial charge is 0.349 e. The standard InChI is InChI=1S/C9H12N6O2/c16-8-2-1-7(12-13-8)9(17)10-3-5-15-6-4-11-14-15/h4,6H,1-3,5H2,(H,10,17)(H,13,16). The molecule has 17 heavy (non-hydrogen) atoms. The van der Waals surface area contributed by atoms with Crippen LogP contribution in [-0.2, 0) is 16.1 Å². The molecule has 2 amide bonds. The van der Waals surface area contributed by atoms with Crippen LogP contribution in [0.4, 0.5) is 0 Å². The Kier molecular flexibility index (Phi) is 3.43. The Morgan fingerprint density at radius 3 is 3.06 bits per heavy atom. The van der Waals surface area contributed by atoms with E-state index in [1.807, 2.05) is 0 Å². The van der Waals surface area contributed by atoms with Gasteiger partial charge in [-0.1, -0.05) is 5.21 Å². The van der Waals surface area contributed by atoms with E-state index in [1.165, 1.54) is 0 Å². The van der Waals surface area contributed by atoms with E-state index in [2.05, 4.69) is 26.2 Å². The molecule has 0 atom stereocenters. The van der Waals surface area contributed by atoms with E-state index in [0.29, 0.717) is 31.6 Å². The zero-order chi connectivity index (χ0) is 12.1. The summed E-state index contributed by atoms with van der Waals surface area (Å²) < 4.78 is 1.62. The lowest BCUT2D eigenvalue weighted by Crippen LogP contribution is -2.38. The highest BCUT2D eigenvalue weighted by Gasteiger charge is 2.17. The van der Waals surface area contributed by atoms with E-state index in [1.54, 1.807) is 17.1 Å². The summed E-state index contributed by atoms with van der Waals surface area (Å²) >= 11 is 0. The van der Waals surface area contributed by atoms with Crippen molar-refractivity contribution >= 4 is 17.5 Å². The van der Waals surface area contributed by atoms with Gasteiger partial charge in [0.2, 0.25) is 5.91 Å². The minimum Gasteiger partial charge on any atom is -0.349 e. The van der Waals surface area contributed by atoms with E-state index in [-0.39, 0.29) is 11.8 Å². The van der Waals surface area contributed by atoms with Crippen molar-refractivity contribution in [3.63, 3.8) is 0 Å². The van der Waals surface area contributed by atoms with Gasteiger partial charge >= 0.3 is 0 Å². The maximum atomic E-state index is 11.6. The number of rotatable bonds is 4. The number of amides is 2. The Labute approximate surface area is 97.1 Å². The number of aromatic nitrogens is 3. The van der Waals surface area contributed by atoms with Crippen LogP contribution in [0, 0.1) is 0 Å². The number of hydrogen-bond donors (Lipinski definition) is 2. The second-order valence-electron chi connectivity index (χ2n) is 3.52. The normalized spacial score (nSPS) is 15.1. The number of hydrogen-bond acceptors (Lipinski definition) is 5. The first-order chi connectivity index (χ1) is 8.25. The highest BCUT2D eigenvalue weighted by molar-refractivity contribution is 6.39. The van der Waals surface area contributed by atoms with E-state index < -0.39 is 0 Å². The molecule has 8 nitrogen and oxygen atoms in total. The molecular weight excluding hydrogens is 224 g/mol. The van der Waals surface area contributed by atoms with Gasteiger partial charge in [-0.2, -0.15) is 5.10 Å². The number of carbonyl (C=O) groups is 2. The third kappa shape index (κ3) is 3.10. The summed E-state index contributed by atoms with van der Waals surface area (Å²) in [5.74, 6) is -0.422. The molecule has 90 valence electrons. The van der Waals surface area contributed by atoms with Crippen molar-refractivity contribution in [1.29, 1.82) is 0 Å². The molecule has 1 aliphatic heterocycles. The Bertz CT molecular complexity index is 438. The fourth-order valence-corrected chi connectivity index (χ4v) is 1.38. The van der Waals surface area contributed by atoms with Crippen LogP contribution in [0.15, 0.2) is 17.5 Å². The first-order valence-electron chi connectivity index (χ1n) is 5.23. The maximum absolute atomic E-state index is 11.6. The van der Waals surface area contributed by atoms with Crippen molar-refractivity contribution in [2.75, 3.05) is 6.54 Å². The van der Waals surface area contributed by atoms with Crippen molar-refractivity contribution < 1.29 is 9.59 Å². The lowest BCUT2D eigenvalue weighted by molar-refractivity contribution is -0.121. The van der Waals surface area contributed by atoms with E-state index >= 15 is 0 Å². The van der Waals surface area contributed by atoms with Crippen molar-refractivity contribution in [1.82, 2.24) is 25.7 Å². The third-order valence-corrected chi connectivity index (χ3v) is 2.26. The van der Waals surface area contributed by atoms with Gasteiger partial charge in [-0.25, -0.2) is 5.43 Å². The molecule has 0 aliphatic carbocycles. The van der Waals surface area contributed by atoms with Crippen LogP contribution in [0.2, 0.25) is 0 Å². The number of hydrazone groups is 1. The molecule has 1 aromatic rings. The van der Waals surface area contributed by atoms with Gasteiger partial charge in [0.25, 0.3) is 5.91 Å². The van der Waals surface area contributed by atoms with Gasteiger partial charge in [0, 0.05) is 25.6 Å². The molecule has 0 aromatic carbocycles. The summed E-state index contributed by atoms with van der Waals surface area (Å²) in [6, 6.07) is 0. The number of nitrogens with zero attached hydrogens (tertiary/aromatic N) is 4. The molecule has 1 aliphatic rings. The van der Waals surface area contributed by atoms with Gasteiger partial charge in [0.05, 0.1) is 12.7 Å². The molecule has 2 N–H and O–H groups in total. The van der Waals surface area contributed by atoms with Gasteiger partial charge in [-0.15, -0.1) is 5.10 Å². The average molecular weight is 236 g/mol. The summed E-state index contributed by atoms with van der Waals surface area (Å²) in [5, 5.41) is 13.8. The monoisotopic (exact) mass is 236 g/mol. The highest BCUT2D eigenvalue weighted by Crippen LogP contribution is 1.99. The fourth-order valence-electron chi connectivity index (χ4n) is 1.38. The predicted octanol–water partition coefficient (Wildman–Crippen LogP) is -1.34. The van der Waals surface area contributed by atoms with Crippen molar-refractivity contribution in [3.05, 3.63) is 12.4 Å². The number of carbonyl (C=O) groups excluding carboxylic acids is 2. The molecular formula is C9H12N6O2. The summed E-state index contributed by atoms with van der Waals surface area (Å²) in [7, 11) is 0. The summed E-state index contributed by atoms with van der Waals surface area (Å²) in [4.78, 5) is 22.4. The van der Waals surface area contributed by atoms with Crippen LogP contribution in [0.5, 0.6) is 0 Å². The summed E-state index contributed by atoms with van der Waals surface area (Å²) in [5.41, 5.74) is 2.63. The highest BCUT2D eigenvalue weighted by atomic mass is 16.2. The summed E-state index contributed by atoms with van der Waals surface area (Å²) in [6.07, 6.45) is 3.96. The van der Waals surface area contributed by atoms with Crippen molar-refractivity contribution in [2.24, 2.45) is 5.10 Å². The molecule has 0 spiro atoms. The van der Waals surface area contributed by atoms with Crippen molar-refractivity contribution in [3.8, 4) is 0 Å². The molecule has 0 saturated heterocycles. The van der Waals surface area contributed by atoms with Gasteiger partial charge in [0.15, 0.2) is 0 Å². The van der Waals surface area contributed by atoms with Crippen LogP contribution in [-0.4, -0.2) is 39.1 Å². The minimum absolute atomic E-state index is 0.163. The average Bonchev–Trinajstić information content (AvgIpc) is 2.83. The molecule has 2 rings (SSSR count). The van der Waals surface area contributed by atoms with Crippen molar-refractivity contribution in [2.45, 2.75) is 19.4 Å². The van der Waals surface area contributed by atoms with Crippen LogP contribution in [0.3, 0.4) is 0 Å². The minimum atomic E-state index is -0.259. The second-order valence-corrected chi connectivity index (χ2v) is 3.52. The Morgan fingerprint density at radius 2 is 2.41 bits per heavy atom. The van der Waals surface area contributed by atoms with Gasteiger partial charge in [-0.3, -0.25) is 14.3 Å². The lowest BCUT2D eigenvalue weighted by Gasteiger charge is -2.11. The predicted molar refractivity (Wildman–Crippen MR) is 57.8 cm³/mol. The van der Waals surface area contributed by atoms with E-state index in [0.717, 1.165) is 0 Å². The molecule has 0 unspecified atom stereocenters. The number of nitrogens with one attached hydrogen (secondary N) is 2. The smallest absolute Gasteiger partial charge is 0.267 e. The van der Waals surface area contributed by atoms with Crippen LogP contribution < -0.4 is 10.7 Å². The first-order valence-corrected chi connectivity index (χ1v) is 5.23. The van der Waals surface area contributed by atoms with Crippen LogP contribution in [0.1, 0.15) is 12.8 Å². The Balaban J connectivity index is 1.76. The quantitative estimate of drug-likeness (QED) is 0.675. The summed E-state index contributed by atoms with van der Waals surface area (Å²) in [6.45, 7) is 0.987. The maximum Gasteiger partial charge on any atom is 0.267 e. The molecule has 0 radical (unpaired) electrons. The molecule has 1 aromatic heterocycles. The second kappa shape index (κ2) is 5.19. The fraction of sp³-hybridized carbons (Fsp3) is 0.444. The SMILES string of the molecule is O=C1CCC(C(=O)NCCn2ccnn2)=NN1. The third-order valence-electron chi connectivity index (χ3n) is 2.26. The van der Waals surface area contributed by atoms with Gasteiger partial charge in [0.1, 0.15) is 5.71 Å². The first kappa shape index (κ1) is 11.2. The van der Waals surface area contributed by atoms with Gasteiger partial charge < -0.3 is 5.32 Å². The zero-order valence-electron chi connectivity index (χ0n) is 9.09. The Hall–Kier alpha value is -2.25. The van der Waals surface area contributed by atoms with E-state index in [4.69, 9.17) is 0 Å². The lowest BCUT2D eigenvalue weighted by atomic mass is 10.1. The molecule has 2 heterocycles. The molecule has 0 bridgehead atoms. The Morgan fingerprint density at radius 1 is 1.53 bits per heavy atom. The molecule has 8 heteroatoms. The van der Waals surface area contributed by atoms with Crippen LogP contribution >= 0.6 is 0 Å². The van der Waals surface area contributed by atoms with E-state index in [9.17, 15) is 9.59 Å². The molecule has 0 fully saturated rings.